The fraction of sp³-hybridized carbons (Fsp3) is 0.316. The Bertz CT molecular complexity index is 996. The lowest BCUT2D eigenvalue weighted by atomic mass is 9.92. The molecule has 1 fully saturated rings. The van der Waals surface area contributed by atoms with Crippen molar-refractivity contribution in [3.8, 4) is 11.3 Å². The second kappa shape index (κ2) is 7.01. The Balaban J connectivity index is 1.71. The lowest BCUT2D eigenvalue weighted by Gasteiger charge is -2.28. The van der Waals surface area contributed by atoms with E-state index in [9.17, 15) is 14.7 Å². The van der Waals surface area contributed by atoms with Crippen LogP contribution in [0.3, 0.4) is 0 Å². The molecule has 1 aliphatic rings. The second-order valence-electron chi connectivity index (χ2n) is 6.51. The average Bonchev–Trinajstić information content (AvgIpc) is 3.09. The highest BCUT2D eigenvalue weighted by molar-refractivity contribution is 7.15. The topological polar surface area (TPSA) is 83.7 Å². The van der Waals surface area contributed by atoms with E-state index in [4.69, 9.17) is 0 Å². The maximum atomic E-state index is 13.0. The smallest absolute Gasteiger partial charge is 0.271 e. The van der Waals surface area contributed by atoms with Crippen molar-refractivity contribution in [2.24, 2.45) is 0 Å². The Morgan fingerprint density at radius 2 is 2.00 bits per heavy atom. The van der Waals surface area contributed by atoms with Crippen molar-refractivity contribution in [1.29, 1.82) is 0 Å². The van der Waals surface area contributed by atoms with Crippen LogP contribution in [0.5, 0.6) is 0 Å². The SMILES string of the molecule is O=C(NC1CCCCC1O)c1cnc2scc(-c3ccccc3)n2c1=O. The predicted molar refractivity (Wildman–Crippen MR) is 101 cm³/mol. The third-order valence-electron chi connectivity index (χ3n) is 4.81. The first-order valence-electron chi connectivity index (χ1n) is 8.69. The molecule has 3 aromatic rings. The monoisotopic (exact) mass is 369 g/mol. The number of amides is 1. The summed E-state index contributed by atoms with van der Waals surface area (Å²) >= 11 is 1.36. The molecule has 7 heteroatoms. The minimum atomic E-state index is -0.562. The summed E-state index contributed by atoms with van der Waals surface area (Å²) < 4.78 is 1.48. The van der Waals surface area contributed by atoms with E-state index >= 15 is 0 Å². The highest BCUT2D eigenvalue weighted by Gasteiger charge is 2.26. The molecule has 2 heterocycles. The normalized spacial score (nSPS) is 20.2. The zero-order valence-electron chi connectivity index (χ0n) is 14.1. The molecule has 1 amide bonds. The summed E-state index contributed by atoms with van der Waals surface area (Å²) in [4.78, 5) is 30.4. The number of carbonyl (C=O) groups is 1. The quantitative estimate of drug-likeness (QED) is 0.743. The van der Waals surface area contributed by atoms with Gasteiger partial charge in [-0.25, -0.2) is 4.98 Å². The zero-order chi connectivity index (χ0) is 18.1. The highest BCUT2D eigenvalue weighted by atomic mass is 32.1. The van der Waals surface area contributed by atoms with Crippen LogP contribution >= 0.6 is 11.3 Å². The molecule has 0 spiro atoms. The number of benzene rings is 1. The Morgan fingerprint density at radius 3 is 2.77 bits per heavy atom. The van der Waals surface area contributed by atoms with Gasteiger partial charge in [-0.15, -0.1) is 11.3 Å². The van der Waals surface area contributed by atoms with Crippen LogP contribution in [-0.4, -0.2) is 32.5 Å². The van der Waals surface area contributed by atoms with Crippen molar-refractivity contribution in [2.75, 3.05) is 0 Å². The van der Waals surface area contributed by atoms with Gasteiger partial charge in [0.05, 0.1) is 17.8 Å². The van der Waals surface area contributed by atoms with Crippen LogP contribution in [-0.2, 0) is 0 Å². The lowest BCUT2D eigenvalue weighted by molar-refractivity contribution is 0.0716. The van der Waals surface area contributed by atoms with Gasteiger partial charge in [-0.3, -0.25) is 14.0 Å². The Labute approximate surface area is 154 Å². The molecule has 0 radical (unpaired) electrons. The van der Waals surface area contributed by atoms with Gasteiger partial charge in [0, 0.05) is 11.6 Å². The van der Waals surface area contributed by atoms with Crippen molar-refractivity contribution in [3.63, 3.8) is 0 Å². The van der Waals surface area contributed by atoms with Crippen molar-refractivity contribution in [1.82, 2.24) is 14.7 Å². The molecule has 1 aliphatic carbocycles. The highest BCUT2D eigenvalue weighted by Crippen LogP contribution is 2.24. The molecule has 2 unspecified atom stereocenters. The van der Waals surface area contributed by atoms with Gasteiger partial charge in [0.25, 0.3) is 11.5 Å². The van der Waals surface area contributed by atoms with Crippen LogP contribution in [0.4, 0.5) is 0 Å². The first-order chi connectivity index (χ1) is 12.6. The van der Waals surface area contributed by atoms with Gasteiger partial charge in [0.2, 0.25) is 0 Å². The summed E-state index contributed by atoms with van der Waals surface area (Å²) in [5, 5.41) is 14.7. The van der Waals surface area contributed by atoms with Crippen molar-refractivity contribution in [2.45, 2.75) is 37.8 Å². The van der Waals surface area contributed by atoms with E-state index in [1.165, 1.54) is 21.9 Å². The molecule has 134 valence electrons. The second-order valence-corrected chi connectivity index (χ2v) is 7.35. The molecule has 1 aromatic carbocycles. The molecule has 4 rings (SSSR count). The van der Waals surface area contributed by atoms with E-state index in [-0.39, 0.29) is 11.6 Å². The number of aliphatic hydroxyl groups is 1. The minimum Gasteiger partial charge on any atom is -0.391 e. The third-order valence-corrected chi connectivity index (χ3v) is 5.65. The van der Waals surface area contributed by atoms with Crippen LogP contribution in [0.1, 0.15) is 36.0 Å². The number of aromatic nitrogens is 2. The van der Waals surface area contributed by atoms with E-state index in [1.54, 1.807) is 0 Å². The van der Waals surface area contributed by atoms with Crippen LogP contribution in [0.15, 0.2) is 46.7 Å². The standard InChI is InChI=1S/C19H19N3O3S/c23-16-9-5-4-8-14(16)21-17(24)13-10-20-19-22(18(13)25)15(11-26-19)12-6-2-1-3-7-12/h1-3,6-7,10-11,14,16,23H,4-5,8-9H2,(H,21,24). The third kappa shape index (κ3) is 3.04. The van der Waals surface area contributed by atoms with Crippen molar-refractivity contribution >= 4 is 22.2 Å². The van der Waals surface area contributed by atoms with E-state index in [1.807, 2.05) is 35.7 Å². The summed E-state index contributed by atoms with van der Waals surface area (Å²) in [6.07, 6.45) is 4.07. The Morgan fingerprint density at radius 1 is 1.23 bits per heavy atom. The molecule has 1 saturated carbocycles. The first kappa shape index (κ1) is 16.9. The van der Waals surface area contributed by atoms with E-state index in [2.05, 4.69) is 10.3 Å². The van der Waals surface area contributed by atoms with Crippen LogP contribution in [0.2, 0.25) is 0 Å². The molecule has 6 nitrogen and oxygen atoms in total. The number of carbonyl (C=O) groups excluding carboxylic acids is 1. The molecule has 2 aromatic heterocycles. The number of fused-ring (bicyclic) bond motifs is 1. The number of hydrogen-bond acceptors (Lipinski definition) is 5. The van der Waals surface area contributed by atoms with E-state index < -0.39 is 17.6 Å². The van der Waals surface area contributed by atoms with Crippen LogP contribution in [0, 0.1) is 0 Å². The van der Waals surface area contributed by atoms with Gasteiger partial charge >= 0.3 is 0 Å². The average molecular weight is 369 g/mol. The summed E-state index contributed by atoms with van der Waals surface area (Å²) in [5.74, 6) is -0.479. The Kier molecular flexibility index (Phi) is 4.57. The van der Waals surface area contributed by atoms with Crippen LogP contribution in [0.25, 0.3) is 16.2 Å². The number of thiazole rings is 1. The summed E-state index contributed by atoms with van der Waals surface area (Å²) in [6.45, 7) is 0. The van der Waals surface area contributed by atoms with Gasteiger partial charge < -0.3 is 10.4 Å². The fourth-order valence-electron chi connectivity index (χ4n) is 3.38. The summed E-state index contributed by atoms with van der Waals surface area (Å²) in [6, 6.07) is 9.23. The zero-order valence-corrected chi connectivity index (χ0v) is 14.9. The largest absolute Gasteiger partial charge is 0.391 e. The minimum absolute atomic E-state index is 0.00384. The molecular formula is C19H19N3O3S. The van der Waals surface area contributed by atoms with Crippen molar-refractivity contribution < 1.29 is 9.90 Å². The van der Waals surface area contributed by atoms with Gasteiger partial charge in [0.1, 0.15) is 5.56 Å². The molecule has 0 saturated heterocycles. The number of hydrogen-bond donors (Lipinski definition) is 2. The maximum Gasteiger partial charge on any atom is 0.271 e. The van der Waals surface area contributed by atoms with Gasteiger partial charge in [-0.05, 0) is 18.4 Å². The van der Waals surface area contributed by atoms with E-state index in [0.29, 0.717) is 11.4 Å². The molecule has 0 aliphatic heterocycles. The van der Waals surface area contributed by atoms with Crippen LogP contribution < -0.4 is 10.9 Å². The predicted octanol–water partition coefficient (Wildman–Crippen LogP) is 2.46. The summed E-state index contributed by atoms with van der Waals surface area (Å²) in [5.41, 5.74) is 1.21. The first-order valence-corrected chi connectivity index (χ1v) is 9.57. The fourth-order valence-corrected chi connectivity index (χ4v) is 4.24. The van der Waals surface area contributed by atoms with Gasteiger partial charge in [-0.1, -0.05) is 43.2 Å². The number of nitrogens with one attached hydrogen (secondary N) is 1. The molecule has 0 bridgehead atoms. The molecule has 26 heavy (non-hydrogen) atoms. The molecule has 2 atom stereocenters. The van der Waals surface area contributed by atoms with E-state index in [0.717, 1.165) is 30.5 Å². The lowest BCUT2D eigenvalue weighted by Crippen LogP contribution is -2.46. The van der Waals surface area contributed by atoms with Gasteiger partial charge in [0.15, 0.2) is 4.96 Å². The number of nitrogens with zero attached hydrogens (tertiary/aromatic N) is 2. The van der Waals surface area contributed by atoms with Gasteiger partial charge in [-0.2, -0.15) is 0 Å². The van der Waals surface area contributed by atoms with Crippen molar-refractivity contribution in [3.05, 3.63) is 57.8 Å². The molecular weight excluding hydrogens is 350 g/mol. The molecule has 2 N–H and O–H groups in total. The maximum absolute atomic E-state index is 13.0. The number of rotatable bonds is 3. The summed E-state index contributed by atoms with van der Waals surface area (Å²) in [7, 11) is 0. The Hall–Kier alpha value is -2.51. The number of aliphatic hydroxyl groups excluding tert-OH is 1.